The van der Waals surface area contributed by atoms with Crippen LogP contribution >= 0.6 is 0 Å². The van der Waals surface area contributed by atoms with Gasteiger partial charge in [-0.2, -0.15) is 5.10 Å². The Morgan fingerprint density at radius 3 is 2.27 bits per heavy atom. The van der Waals surface area contributed by atoms with E-state index < -0.39 is 0 Å². The molecule has 1 amide bonds. The van der Waals surface area contributed by atoms with Gasteiger partial charge < -0.3 is 14.2 Å². The van der Waals surface area contributed by atoms with Gasteiger partial charge in [0.25, 0.3) is 5.91 Å². The fourth-order valence-corrected chi connectivity index (χ4v) is 2.69. The van der Waals surface area contributed by atoms with Crippen LogP contribution in [0.3, 0.4) is 0 Å². The number of methoxy groups -OCH3 is 1. The molecule has 6 heteroatoms. The lowest BCUT2D eigenvalue weighted by Crippen LogP contribution is -2.17. The maximum Gasteiger partial charge on any atom is 0.271 e. The van der Waals surface area contributed by atoms with E-state index in [0.717, 1.165) is 28.4 Å². The van der Waals surface area contributed by atoms with E-state index in [-0.39, 0.29) is 5.91 Å². The molecule has 0 spiro atoms. The summed E-state index contributed by atoms with van der Waals surface area (Å²) in [5, 5.41) is 4.01. The Bertz CT molecular complexity index is 983. The topological polar surface area (TPSA) is 69.2 Å². The fraction of sp³-hybridized carbons (Fsp3) is 0.167. The predicted octanol–water partition coefficient (Wildman–Crippen LogP) is 4.44. The van der Waals surface area contributed by atoms with Crippen molar-refractivity contribution in [3.05, 3.63) is 89.5 Å². The Labute approximate surface area is 176 Å². The molecule has 0 saturated heterocycles. The predicted molar refractivity (Wildman–Crippen MR) is 116 cm³/mol. The monoisotopic (exact) mass is 404 g/mol. The van der Waals surface area contributed by atoms with Crippen molar-refractivity contribution in [3.63, 3.8) is 0 Å². The molecule has 1 N–H and O–H groups in total. The maximum atomic E-state index is 12.4. The van der Waals surface area contributed by atoms with E-state index >= 15 is 0 Å². The average molecular weight is 404 g/mol. The van der Waals surface area contributed by atoms with Gasteiger partial charge in [0, 0.05) is 5.56 Å². The number of hydrazone groups is 1. The van der Waals surface area contributed by atoms with Gasteiger partial charge in [0.1, 0.15) is 23.9 Å². The second kappa shape index (κ2) is 10.7. The van der Waals surface area contributed by atoms with Crippen molar-refractivity contribution in [2.45, 2.75) is 13.5 Å². The Morgan fingerprint density at radius 1 is 0.933 bits per heavy atom. The van der Waals surface area contributed by atoms with Crippen molar-refractivity contribution in [2.24, 2.45) is 5.10 Å². The molecule has 0 aliphatic rings. The molecular formula is C24H24N2O4. The first-order valence-electron chi connectivity index (χ1n) is 9.60. The van der Waals surface area contributed by atoms with Gasteiger partial charge in [0.05, 0.1) is 19.9 Å². The lowest BCUT2D eigenvalue weighted by molar-refractivity contribution is 0.0955. The van der Waals surface area contributed by atoms with Crippen LogP contribution in [-0.2, 0) is 6.61 Å². The highest BCUT2D eigenvalue weighted by Crippen LogP contribution is 2.19. The summed E-state index contributed by atoms with van der Waals surface area (Å²) in [5.41, 5.74) is 4.79. The van der Waals surface area contributed by atoms with Crippen LogP contribution in [0.2, 0.25) is 0 Å². The van der Waals surface area contributed by atoms with E-state index in [1.165, 1.54) is 0 Å². The molecule has 0 aliphatic heterocycles. The quantitative estimate of drug-likeness (QED) is 0.423. The second-order valence-corrected chi connectivity index (χ2v) is 6.37. The summed E-state index contributed by atoms with van der Waals surface area (Å²) in [6.45, 7) is 2.92. The van der Waals surface area contributed by atoms with Crippen LogP contribution in [0.1, 0.15) is 28.4 Å². The van der Waals surface area contributed by atoms with E-state index in [0.29, 0.717) is 18.8 Å². The van der Waals surface area contributed by atoms with Gasteiger partial charge in [-0.3, -0.25) is 4.79 Å². The number of ether oxygens (including phenoxy) is 3. The molecule has 6 nitrogen and oxygen atoms in total. The van der Waals surface area contributed by atoms with Crippen LogP contribution in [0.4, 0.5) is 0 Å². The highest BCUT2D eigenvalue weighted by atomic mass is 16.5. The molecule has 0 aliphatic carbocycles. The van der Waals surface area contributed by atoms with Crippen molar-refractivity contribution in [1.82, 2.24) is 5.43 Å². The van der Waals surface area contributed by atoms with Gasteiger partial charge in [-0.05, 0) is 78.7 Å². The van der Waals surface area contributed by atoms with E-state index in [9.17, 15) is 4.79 Å². The first-order chi connectivity index (χ1) is 14.7. The number of nitrogens with one attached hydrogen (secondary N) is 1. The molecule has 0 fully saturated rings. The lowest BCUT2D eigenvalue weighted by atomic mass is 10.1. The molecule has 0 unspecified atom stereocenters. The minimum Gasteiger partial charge on any atom is -0.497 e. The van der Waals surface area contributed by atoms with Gasteiger partial charge in [-0.25, -0.2) is 5.43 Å². The first-order valence-corrected chi connectivity index (χ1v) is 9.60. The summed E-state index contributed by atoms with van der Waals surface area (Å²) in [7, 11) is 1.61. The van der Waals surface area contributed by atoms with Crippen molar-refractivity contribution < 1.29 is 19.0 Å². The molecule has 3 rings (SSSR count). The van der Waals surface area contributed by atoms with Crippen LogP contribution in [0.25, 0.3) is 0 Å². The van der Waals surface area contributed by atoms with Crippen LogP contribution in [0.5, 0.6) is 17.2 Å². The standard InChI is InChI=1S/C24H24N2O4/c1-3-29-22-11-13-23(14-12-22)30-17-19-5-4-6-20(15-19)24(27)26-25-16-18-7-9-21(28-2)10-8-18/h4-16H,3,17H2,1-2H3,(H,26,27)/b25-16-. The number of carbonyl (C=O) groups excluding carboxylic acids is 1. The molecule has 30 heavy (non-hydrogen) atoms. The summed E-state index contributed by atoms with van der Waals surface area (Å²) in [6.07, 6.45) is 1.58. The fourth-order valence-electron chi connectivity index (χ4n) is 2.69. The largest absolute Gasteiger partial charge is 0.497 e. The molecule has 0 bridgehead atoms. The van der Waals surface area contributed by atoms with Crippen molar-refractivity contribution in [1.29, 1.82) is 0 Å². The van der Waals surface area contributed by atoms with E-state index in [4.69, 9.17) is 14.2 Å². The molecule has 0 saturated carbocycles. The summed E-state index contributed by atoms with van der Waals surface area (Å²) in [4.78, 5) is 12.4. The third-order valence-corrected chi connectivity index (χ3v) is 4.22. The van der Waals surface area contributed by atoms with Crippen LogP contribution in [-0.4, -0.2) is 25.8 Å². The molecule has 0 aromatic heterocycles. The van der Waals surface area contributed by atoms with Crippen LogP contribution in [0, 0.1) is 0 Å². The third-order valence-electron chi connectivity index (χ3n) is 4.22. The van der Waals surface area contributed by atoms with Crippen LogP contribution in [0.15, 0.2) is 77.9 Å². The zero-order valence-corrected chi connectivity index (χ0v) is 17.0. The Balaban J connectivity index is 1.54. The molecule has 154 valence electrons. The van der Waals surface area contributed by atoms with E-state index in [1.807, 2.05) is 67.6 Å². The number of carbonyl (C=O) groups is 1. The third kappa shape index (κ3) is 6.10. The number of amides is 1. The zero-order chi connectivity index (χ0) is 21.2. The molecule has 0 radical (unpaired) electrons. The van der Waals surface area contributed by atoms with Gasteiger partial charge >= 0.3 is 0 Å². The lowest BCUT2D eigenvalue weighted by Gasteiger charge is -2.09. The van der Waals surface area contributed by atoms with E-state index in [2.05, 4.69) is 10.5 Å². The molecule has 3 aromatic carbocycles. The average Bonchev–Trinajstić information content (AvgIpc) is 2.79. The number of nitrogens with zero attached hydrogens (tertiary/aromatic N) is 1. The highest BCUT2D eigenvalue weighted by Gasteiger charge is 2.06. The van der Waals surface area contributed by atoms with Crippen molar-refractivity contribution in [2.75, 3.05) is 13.7 Å². The summed E-state index contributed by atoms with van der Waals surface area (Å²) >= 11 is 0. The number of hydrogen-bond donors (Lipinski definition) is 1. The second-order valence-electron chi connectivity index (χ2n) is 6.37. The van der Waals surface area contributed by atoms with Gasteiger partial charge in [0.15, 0.2) is 0 Å². The Morgan fingerprint density at radius 2 is 1.60 bits per heavy atom. The van der Waals surface area contributed by atoms with Crippen molar-refractivity contribution >= 4 is 12.1 Å². The summed E-state index contributed by atoms with van der Waals surface area (Å²) in [6, 6.07) is 22.1. The summed E-state index contributed by atoms with van der Waals surface area (Å²) in [5.74, 6) is 2.01. The number of benzene rings is 3. The number of rotatable bonds is 9. The van der Waals surface area contributed by atoms with E-state index in [1.54, 1.807) is 25.5 Å². The smallest absolute Gasteiger partial charge is 0.271 e. The molecule has 0 heterocycles. The Kier molecular flexibility index (Phi) is 7.44. The summed E-state index contributed by atoms with van der Waals surface area (Å²) < 4.78 is 16.3. The normalized spacial score (nSPS) is 10.6. The Hall–Kier alpha value is -3.80. The minimum absolute atomic E-state index is 0.289. The molecule has 3 aromatic rings. The minimum atomic E-state index is -0.289. The maximum absolute atomic E-state index is 12.4. The van der Waals surface area contributed by atoms with Gasteiger partial charge in [-0.15, -0.1) is 0 Å². The first kappa shape index (κ1) is 20.9. The van der Waals surface area contributed by atoms with Gasteiger partial charge in [0.2, 0.25) is 0 Å². The number of hydrogen-bond acceptors (Lipinski definition) is 5. The SMILES string of the molecule is CCOc1ccc(OCc2cccc(C(=O)N/N=C\c3ccc(OC)cc3)c2)cc1. The van der Waals surface area contributed by atoms with Crippen molar-refractivity contribution in [3.8, 4) is 17.2 Å². The molecular weight excluding hydrogens is 380 g/mol. The van der Waals surface area contributed by atoms with Gasteiger partial charge in [-0.1, -0.05) is 12.1 Å². The highest BCUT2D eigenvalue weighted by molar-refractivity contribution is 5.95. The molecule has 0 atom stereocenters. The zero-order valence-electron chi connectivity index (χ0n) is 17.0. The van der Waals surface area contributed by atoms with Crippen LogP contribution < -0.4 is 19.6 Å².